The second-order valence-corrected chi connectivity index (χ2v) is 6.91. The maximum atomic E-state index is 4.58. The number of aromatic nitrogens is 1. The number of allylic oxidation sites excluding steroid dienone is 1. The van der Waals surface area contributed by atoms with Crippen LogP contribution in [0.4, 0.5) is 5.82 Å². The standard InChI is InChI=1S/C17H23N3/c1-19-12-17(13-19)5-8-20(9-6-17)16-11-15(4-7-18-16)10-14-2-3-14/h4,7,10-11H,2-3,5-6,8-9,12-13H2,1H3. The Morgan fingerprint density at radius 1 is 1.20 bits per heavy atom. The number of pyridine rings is 1. The van der Waals surface area contributed by atoms with Crippen molar-refractivity contribution >= 4 is 11.9 Å². The second kappa shape index (κ2) is 4.59. The third-order valence-corrected chi connectivity index (χ3v) is 5.04. The highest BCUT2D eigenvalue weighted by Gasteiger charge is 2.43. The van der Waals surface area contributed by atoms with E-state index >= 15 is 0 Å². The van der Waals surface area contributed by atoms with Gasteiger partial charge in [0.1, 0.15) is 5.82 Å². The molecule has 3 aliphatic rings. The van der Waals surface area contributed by atoms with Crippen LogP contribution < -0.4 is 4.90 Å². The summed E-state index contributed by atoms with van der Waals surface area (Å²) in [4.78, 5) is 9.50. The van der Waals surface area contributed by atoms with Crippen molar-refractivity contribution in [2.24, 2.45) is 5.41 Å². The van der Waals surface area contributed by atoms with Crippen LogP contribution >= 0.6 is 0 Å². The largest absolute Gasteiger partial charge is 0.357 e. The molecule has 0 bridgehead atoms. The van der Waals surface area contributed by atoms with Crippen LogP contribution in [0.1, 0.15) is 31.2 Å². The summed E-state index contributed by atoms with van der Waals surface area (Å²) in [5, 5.41) is 0. The van der Waals surface area contributed by atoms with E-state index in [1.807, 2.05) is 6.20 Å². The fourth-order valence-electron chi connectivity index (χ4n) is 3.77. The Labute approximate surface area is 121 Å². The molecule has 2 saturated heterocycles. The first-order valence-electron chi connectivity index (χ1n) is 7.82. The molecule has 0 radical (unpaired) electrons. The minimum Gasteiger partial charge on any atom is -0.357 e. The monoisotopic (exact) mass is 269 g/mol. The Morgan fingerprint density at radius 3 is 2.60 bits per heavy atom. The average Bonchev–Trinajstić information content (AvgIpc) is 3.22. The average molecular weight is 269 g/mol. The Morgan fingerprint density at radius 2 is 1.95 bits per heavy atom. The van der Waals surface area contributed by atoms with Gasteiger partial charge in [0.25, 0.3) is 0 Å². The van der Waals surface area contributed by atoms with Crippen LogP contribution in [0.25, 0.3) is 6.08 Å². The molecule has 3 heterocycles. The summed E-state index contributed by atoms with van der Waals surface area (Å²) in [5.41, 5.74) is 3.53. The van der Waals surface area contributed by atoms with E-state index in [4.69, 9.17) is 0 Å². The Kier molecular flexibility index (Phi) is 2.84. The molecule has 0 atom stereocenters. The van der Waals surface area contributed by atoms with Crippen molar-refractivity contribution in [2.75, 3.05) is 38.1 Å². The van der Waals surface area contributed by atoms with Gasteiger partial charge >= 0.3 is 0 Å². The van der Waals surface area contributed by atoms with E-state index in [1.165, 1.54) is 63.2 Å². The number of hydrogen-bond acceptors (Lipinski definition) is 3. The van der Waals surface area contributed by atoms with Gasteiger partial charge in [-0.05, 0) is 55.8 Å². The van der Waals surface area contributed by atoms with E-state index in [1.54, 1.807) is 5.57 Å². The minimum atomic E-state index is 0.624. The van der Waals surface area contributed by atoms with Gasteiger partial charge in [0.15, 0.2) is 0 Å². The lowest BCUT2D eigenvalue weighted by Gasteiger charge is -2.53. The maximum Gasteiger partial charge on any atom is 0.129 e. The van der Waals surface area contributed by atoms with Crippen LogP contribution in [-0.2, 0) is 0 Å². The van der Waals surface area contributed by atoms with Gasteiger partial charge in [-0.1, -0.05) is 11.6 Å². The number of nitrogens with zero attached hydrogens (tertiary/aromatic N) is 3. The quantitative estimate of drug-likeness (QED) is 0.823. The summed E-state index contributed by atoms with van der Waals surface area (Å²) >= 11 is 0. The molecule has 1 aromatic rings. The highest BCUT2D eigenvalue weighted by atomic mass is 15.2. The van der Waals surface area contributed by atoms with Crippen LogP contribution in [0.15, 0.2) is 23.9 Å². The van der Waals surface area contributed by atoms with Gasteiger partial charge in [0.2, 0.25) is 0 Å². The Hall–Kier alpha value is -1.35. The molecule has 4 rings (SSSR count). The Bertz CT molecular complexity index is 527. The molecule has 1 spiro atoms. The number of piperidine rings is 1. The molecule has 0 aromatic carbocycles. The maximum absolute atomic E-state index is 4.58. The van der Waals surface area contributed by atoms with Crippen molar-refractivity contribution in [3.8, 4) is 0 Å². The highest BCUT2D eigenvalue weighted by Crippen LogP contribution is 2.40. The molecule has 2 aliphatic heterocycles. The molecule has 1 aliphatic carbocycles. The van der Waals surface area contributed by atoms with Gasteiger partial charge < -0.3 is 9.80 Å². The van der Waals surface area contributed by atoms with Gasteiger partial charge in [-0.3, -0.25) is 0 Å². The molecule has 1 aromatic heterocycles. The molecular weight excluding hydrogens is 246 g/mol. The van der Waals surface area contributed by atoms with Crippen LogP contribution in [0, 0.1) is 5.41 Å². The summed E-state index contributed by atoms with van der Waals surface area (Å²) in [6, 6.07) is 4.39. The zero-order valence-corrected chi connectivity index (χ0v) is 12.3. The first-order chi connectivity index (χ1) is 9.72. The fourth-order valence-corrected chi connectivity index (χ4v) is 3.77. The number of anilines is 1. The molecule has 0 N–H and O–H groups in total. The van der Waals surface area contributed by atoms with Crippen LogP contribution in [0.2, 0.25) is 0 Å². The van der Waals surface area contributed by atoms with E-state index in [0.717, 1.165) is 0 Å². The van der Waals surface area contributed by atoms with E-state index in [9.17, 15) is 0 Å². The molecule has 1 saturated carbocycles. The summed E-state index contributed by atoms with van der Waals surface area (Å²) in [6.07, 6.45) is 9.52. The molecule has 3 fully saturated rings. The van der Waals surface area contributed by atoms with Gasteiger partial charge in [-0.15, -0.1) is 0 Å². The Balaban J connectivity index is 1.45. The molecule has 20 heavy (non-hydrogen) atoms. The van der Waals surface area contributed by atoms with Crippen molar-refractivity contribution in [1.82, 2.24) is 9.88 Å². The lowest BCUT2D eigenvalue weighted by molar-refractivity contribution is 0.00122. The fraction of sp³-hybridized carbons (Fsp3) is 0.588. The molecule has 3 heteroatoms. The number of likely N-dealkylation sites (tertiary alicyclic amines) is 1. The van der Waals surface area contributed by atoms with Gasteiger partial charge in [-0.2, -0.15) is 0 Å². The lowest BCUT2D eigenvalue weighted by Crippen LogP contribution is -2.58. The highest BCUT2D eigenvalue weighted by molar-refractivity contribution is 5.59. The van der Waals surface area contributed by atoms with Crippen molar-refractivity contribution in [2.45, 2.75) is 25.7 Å². The SMILES string of the molecule is CN1CC2(CCN(c3cc(C=C4CC4)ccn3)CC2)C1. The number of hydrogen-bond donors (Lipinski definition) is 0. The minimum absolute atomic E-state index is 0.624. The van der Waals surface area contributed by atoms with Gasteiger partial charge in [0, 0.05) is 32.4 Å². The summed E-state index contributed by atoms with van der Waals surface area (Å²) in [6.45, 7) is 4.92. The second-order valence-electron chi connectivity index (χ2n) is 6.91. The predicted octanol–water partition coefficient (Wildman–Crippen LogP) is 2.79. The molecular formula is C17H23N3. The van der Waals surface area contributed by atoms with Crippen LogP contribution in [-0.4, -0.2) is 43.1 Å². The molecule has 106 valence electrons. The van der Waals surface area contributed by atoms with Crippen molar-refractivity contribution in [3.63, 3.8) is 0 Å². The summed E-state index contributed by atoms with van der Waals surface area (Å²) in [7, 11) is 2.23. The first kappa shape index (κ1) is 12.4. The molecule has 0 unspecified atom stereocenters. The summed E-state index contributed by atoms with van der Waals surface area (Å²) < 4.78 is 0. The van der Waals surface area contributed by atoms with Crippen LogP contribution in [0.3, 0.4) is 0 Å². The van der Waals surface area contributed by atoms with Gasteiger partial charge in [-0.25, -0.2) is 4.98 Å². The zero-order chi connectivity index (χ0) is 13.6. The molecule has 3 nitrogen and oxygen atoms in total. The lowest BCUT2D eigenvalue weighted by atomic mass is 9.72. The third kappa shape index (κ3) is 2.35. The van der Waals surface area contributed by atoms with Gasteiger partial charge in [0.05, 0.1) is 0 Å². The van der Waals surface area contributed by atoms with E-state index in [2.05, 4.69) is 40.0 Å². The zero-order valence-electron chi connectivity index (χ0n) is 12.3. The normalized spacial score (nSPS) is 24.6. The summed E-state index contributed by atoms with van der Waals surface area (Å²) in [5.74, 6) is 1.17. The smallest absolute Gasteiger partial charge is 0.129 e. The third-order valence-electron chi connectivity index (χ3n) is 5.04. The van der Waals surface area contributed by atoms with E-state index in [-0.39, 0.29) is 0 Å². The first-order valence-corrected chi connectivity index (χ1v) is 7.82. The van der Waals surface area contributed by atoms with E-state index < -0.39 is 0 Å². The van der Waals surface area contributed by atoms with Crippen molar-refractivity contribution < 1.29 is 0 Å². The van der Waals surface area contributed by atoms with Crippen molar-refractivity contribution in [1.29, 1.82) is 0 Å². The molecule has 0 amide bonds. The van der Waals surface area contributed by atoms with E-state index in [0.29, 0.717) is 5.41 Å². The number of rotatable bonds is 2. The predicted molar refractivity (Wildman–Crippen MR) is 82.8 cm³/mol. The topological polar surface area (TPSA) is 19.4 Å². The van der Waals surface area contributed by atoms with Crippen LogP contribution in [0.5, 0.6) is 0 Å². The van der Waals surface area contributed by atoms with Crippen molar-refractivity contribution in [3.05, 3.63) is 29.5 Å².